The summed E-state index contributed by atoms with van der Waals surface area (Å²) in [4.78, 5) is 25.7. The van der Waals surface area contributed by atoms with E-state index >= 15 is 0 Å². The second-order valence-corrected chi connectivity index (χ2v) is 6.02. The zero-order chi connectivity index (χ0) is 14.8. The van der Waals surface area contributed by atoms with E-state index in [9.17, 15) is 14.7 Å². The van der Waals surface area contributed by atoms with Crippen molar-refractivity contribution in [2.24, 2.45) is 11.8 Å². The summed E-state index contributed by atoms with van der Waals surface area (Å²) in [5, 5.41) is 9.86. The van der Waals surface area contributed by atoms with Gasteiger partial charge in [-0.1, -0.05) is 35.9 Å². The van der Waals surface area contributed by atoms with Gasteiger partial charge in [0, 0.05) is 0 Å². The number of carboxylic acids is 1. The number of benzene rings is 1. The molecule has 1 aromatic carbocycles. The minimum atomic E-state index is -0.995. The number of ether oxygens (including phenoxy) is 1. The van der Waals surface area contributed by atoms with Gasteiger partial charge in [-0.05, 0) is 12.1 Å². The molecule has 0 radical (unpaired) electrons. The number of nitrogens with zero attached hydrogens (tertiary/aromatic N) is 1. The van der Waals surface area contributed by atoms with Crippen LogP contribution in [0, 0.1) is 11.8 Å². The van der Waals surface area contributed by atoms with E-state index in [0.717, 1.165) is 0 Å². The highest BCUT2D eigenvalue weighted by atomic mass is 35.5. The van der Waals surface area contributed by atoms with Gasteiger partial charge in [0.1, 0.15) is 11.5 Å². The maximum absolute atomic E-state index is 12.7. The Morgan fingerprint density at radius 2 is 2.19 bits per heavy atom. The predicted octanol–water partition coefficient (Wildman–Crippen LogP) is 1.71. The number of aliphatic carboxylic acids is 1. The van der Waals surface area contributed by atoms with Crippen molar-refractivity contribution in [2.45, 2.75) is 11.7 Å². The summed E-state index contributed by atoms with van der Waals surface area (Å²) < 4.78 is 5.82. The van der Waals surface area contributed by atoms with Crippen molar-refractivity contribution < 1.29 is 19.4 Å². The number of hydrogen-bond donors (Lipinski definition) is 1. The minimum Gasteiger partial charge on any atom is -0.481 e. The van der Waals surface area contributed by atoms with Crippen molar-refractivity contribution in [1.82, 2.24) is 0 Å². The molecule has 4 rings (SSSR count). The fourth-order valence-electron chi connectivity index (χ4n) is 3.65. The van der Waals surface area contributed by atoms with Crippen LogP contribution in [0.25, 0.3) is 0 Å². The first-order valence-corrected chi connectivity index (χ1v) is 7.07. The van der Waals surface area contributed by atoms with E-state index in [1.54, 1.807) is 30.3 Å². The normalized spacial score (nSPS) is 36.3. The average Bonchev–Trinajstić information content (AvgIpc) is 3.08. The first-order valence-electron chi connectivity index (χ1n) is 6.69. The van der Waals surface area contributed by atoms with Crippen molar-refractivity contribution in [1.29, 1.82) is 0 Å². The second-order valence-electron chi connectivity index (χ2n) is 5.61. The molecule has 2 fully saturated rings. The van der Waals surface area contributed by atoms with Gasteiger partial charge < -0.3 is 14.7 Å². The Labute approximate surface area is 125 Å². The molecule has 1 N–H and O–H groups in total. The van der Waals surface area contributed by atoms with Crippen LogP contribution >= 0.6 is 11.6 Å². The van der Waals surface area contributed by atoms with Crippen LogP contribution in [-0.2, 0) is 14.3 Å². The number of carboxylic acid groups (broad SMARTS) is 1. The van der Waals surface area contributed by atoms with Crippen molar-refractivity contribution in [3.05, 3.63) is 41.4 Å². The quantitative estimate of drug-likeness (QED) is 0.845. The van der Waals surface area contributed by atoms with E-state index in [4.69, 9.17) is 16.3 Å². The number of halogens is 1. The monoisotopic (exact) mass is 305 g/mol. The smallest absolute Gasteiger partial charge is 0.310 e. The lowest BCUT2D eigenvalue weighted by molar-refractivity contribution is -0.146. The topological polar surface area (TPSA) is 66.8 Å². The molecule has 2 bridgehead atoms. The Balaban J connectivity index is 1.78. The molecule has 21 heavy (non-hydrogen) atoms. The van der Waals surface area contributed by atoms with Crippen LogP contribution in [0.2, 0.25) is 5.02 Å². The van der Waals surface area contributed by atoms with Gasteiger partial charge in [0.2, 0.25) is 5.91 Å². The molecule has 6 heteroatoms. The molecule has 1 aromatic rings. The molecule has 3 heterocycles. The fraction of sp³-hybridized carbons (Fsp3) is 0.333. The van der Waals surface area contributed by atoms with Crippen LogP contribution in [0.5, 0.6) is 0 Å². The highest BCUT2D eigenvalue weighted by Gasteiger charge is 2.67. The summed E-state index contributed by atoms with van der Waals surface area (Å²) in [7, 11) is 0. The van der Waals surface area contributed by atoms with Gasteiger partial charge in [-0.25, -0.2) is 0 Å². The number of amides is 1. The maximum Gasteiger partial charge on any atom is 0.310 e. The van der Waals surface area contributed by atoms with Crippen LogP contribution in [0.1, 0.15) is 0 Å². The van der Waals surface area contributed by atoms with Crippen molar-refractivity contribution in [2.75, 3.05) is 11.4 Å². The minimum absolute atomic E-state index is 0.234. The Bertz CT molecular complexity index is 688. The lowest BCUT2D eigenvalue weighted by Crippen LogP contribution is -2.39. The Morgan fingerprint density at radius 1 is 1.43 bits per heavy atom. The zero-order valence-electron chi connectivity index (χ0n) is 10.9. The molecule has 1 amide bonds. The highest BCUT2D eigenvalue weighted by Crippen LogP contribution is 2.53. The SMILES string of the molecule is O=C(O)[C@H]1[C@H]2C=C[C@]3(CN(c4ccccc4Cl)C(=O)[C@@H]13)O2. The summed E-state index contributed by atoms with van der Waals surface area (Å²) >= 11 is 6.16. The van der Waals surface area contributed by atoms with Gasteiger partial charge in [-0.3, -0.25) is 9.59 Å². The van der Waals surface area contributed by atoms with Crippen molar-refractivity contribution in [3.63, 3.8) is 0 Å². The third-order valence-corrected chi connectivity index (χ3v) is 4.85. The van der Waals surface area contributed by atoms with Crippen LogP contribution in [0.4, 0.5) is 5.69 Å². The van der Waals surface area contributed by atoms with Gasteiger partial charge in [0.25, 0.3) is 0 Å². The first kappa shape index (κ1) is 12.9. The van der Waals surface area contributed by atoms with E-state index in [-0.39, 0.29) is 5.91 Å². The van der Waals surface area contributed by atoms with Gasteiger partial charge >= 0.3 is 5.97 Å². The largest absolute Gasteiger partial charge is 0.481 e. The van der Waals surface area contributed by atoms with Crippen LogP contribution < -0.4 is 4.90 Å². The molecular formula is C15H12ClNO4. The molecule has 0 aliphatic carbocycles. The Morgan fingerprint density at radius 3 is 2.90 bits per heavy atom. The van der Waals surface area contributed by atoms with Crippen LogP contribution in [0.3, 0.4) is 0 Å². The van der Waals surface area contributed by atoms with Crippen LogP contribution in [-0.4, -0.2) is 35.2 Å². The van der Waals surface area contributed by atoms with E-state index in [0.29, 0.717) is 17.3 Å². The van der Waals surface area contributed by atoms with Crippen molar-refractivity contribution >= 4 is 29.2 Å². The molecule has 3 aliphatic rings. The average molecular weight is 306 g/mol. The zero-order valence-corrected chi connectivity index (χ0v) is 11.7. The molecule has 3 aliphatic heterocycles. The third kappa shape index (κ3) is 1.56. The highest BCUT2D eigenvalue weighted by molar-refractivity contribution is 6.34. The fourth-order valence-corrected chi connectivity index (χ4v) is 3.89. The summed E-state index contributed by atoms with van der Waals surface area (Å²) in [6, 6.07) is 7.04. The standard InChI is InChI=1S/C15H12ClNO4/c16-8-3-1-2-4-9(8)17-7-15-6-5-10(21-15)11(14(19)20)12(15)13(17)18/h1-6,10-12H,7H2,(H,19,20)/t10-,11+,12-,15-/m1/s1. The maximum atomic E-state index is 12.7. The predicted molar refractivity (Wildman–Crippen MR) is 75.2 cm³/mol. The summed E-state index contributed by atoms with van der Waals surface area (Å²) in [5.41, 5.74) is -0.234. The molecule has 1 spiro atoms. The summed E-state index contributed by atoms with van der Waals surface area (Å²) in [5.74, 6) is -2.73. The first-order chi connectivity index (χ1) is 10.0. The second kappa shape index (κ2) is 4.08. The van der Waals surface area contributed by atoms with E-state index in [2.05, 4.69) is 0 Å². The lowest BCUT2D eigenvalue weighted by atomic mass is 9.77. The third-order valence-electron chi connectivity index (χ3n) is 4.53. The van der Waals surface area contributed by atoms with Gasteiger partial charge in [0.05, 0.1) is 29.3 Å². The summed E-state index contributed by atoms with van der Waals surface area (Å²) in [6.45, 7) is 0.303. The Hall–Kier alpha value is -1.85. The molecule has 5 nitrogen and oxygen atoms in total. The number of carbonyl (C=O) groups is 2. The van der Waals surface area contributed by atoms with Gasteiger partial charge in [0.15, 0.2) is 0 Å². The van der Waals surface area contributed by atoms with Gasteiger partial charge in [-0.2, -0.15) is 0 Å². The van der Waals surface area contributed by atoms with E-state index in [1.807, 2.05) is 6.08 Å². The van der Waals surface area contributed by atoms with Gasteiger partial charge in [-0.15, -0.1) is 0 Å². The molecule has 108 valence electrons. The summed E-state index contributed by atoms with van der Waals surface area (Å²) in [6.07, 6.45) is 3.07. The van der Waals surface area contributed by atoms with E-state index in [1.165, 1.54) is 4.90 Å². The molecule has 0 aromatic heterocycles. The number of anilines is 1. The van der Waals surface area contributed by atoms with E-state index < -0.39 is 29.5 Å². The Kier molecular flexibility index (Phi) is 2.50. The van der Waals surface area contributed by atoms with Crippen LogP contribution in [0.15, 0.2) is 36.4 Å². The number of carbonyl (C=O) groups excluding carboxylic acids is 1. The lowest BCUT2D eigenvalue weighted by Gasteiger charge is -2.22. The molecule has 0 saturated carbocycles. The molecule has 4 atom stereocenters. The molecule has 0 unspecified atom stereocenters. The number of para-hydroxylation sites is 1. The number of fused-ring (bicyclic) bond motifs is 1. The number of rotatable bonds is 2. The number of hydrogen-bond acceptors (Lipinski definition) is 3. The van der Waals surface area contributed by atoms with Crippen molar-refractivity contribution in [3.8, 4) is 0 Å². The molecular weight excluding hydrogens is 294 g/mol. The molecule has 2 saturated heterocycles.